The first-order valence-corrected chi connectivity index (χ1v) is 7.27. The standard InChI is InChI=1S/C18H21Cl/c1-13-11-14(2)17(15(3)12-13)9-10-18(19)16-7-5-4-6-8-16/h4-8,11-12,18H,9-10H2,1-3H3. The molecule has 0 amide bonds. The molecule has 2 aromatic rings. The molecule has 2 aromatic carbocycles. The first kappa shape index (κ1) is 14.1. The maximum absolute atomic E-state index is 6.49. The summed E-state index contributed by atoms with van der Waals surface area (Å²) in [6.07, 6.45) is 2.03. The molecule has 0 aliphatic heterocycles. The number of halogens is 1. The zero-order chi connectivity index (χ0) is 13.8. The molecule has 0 bridgehead atoms. The summed E-state index contributed by atoms with van der Waals surface area (Å²) < 4.78 is 0. The average molecular weight is 273 g/mol. The van der Waals surface area contributed by atoms with Gasteiger partial charge in [-0.2, -0.15) is 0 Å². The third-order valence-corrected chi connectivity index (χ3v) is 4.12. The summed E-state index contributed by atoms with van der Waals surface area (Å²) in [4.78, 5) is 0. The minimum absolute atomic E-state index is 0.0984. The average Bonchev–Trinajstić information content (AvgIpc) is 2.38. The van der Waals surface area contributed by atoms with Crippen molar-refractivity contribution in [2.75, 3.05) is 0 Å². The van der Waals surface area contributed by atoms with Crippen LogP contribution in [-0.4, -0.2) is 0 Å². The van der Waals surface area contributed by atoms with Crippen LogP contribution >= 0.6 is 11.6 Å². The third kappa shape index (κ3) is 3.61. The second kappa shape index (κ2) is 6.25. The third-order valence-electron chi connectivity index (χ3n) is 3.65. The van der Waals surface area contributed by atoms with Crippen LogP contribution in [0.1, 0.15) is 39.6 Å². The van der Waals surface area contributed by atoms with E-state index in [2.05, 4.69) is 45.0 Å². The minimum atomic E-state index is 0.0984. The van der Waals surface area contributed by atoms with E-state index in [4.69, 9.17) is 11.6 Å². The van der Waals surface area contributed by atoms with E-state index in [1.54, 1.807) is 0 Å². The van der Waals surface area contributed by atoms with Crippen LogP contribution in [0.3, 0.4) is 0 Å². The number of rotatable bonds is 4. The molecule has 1 unspecified atom stereocenters. The van der Waals surface area contributed by atoms with Gasteiger partial charge in [-0.05, 0) is 55.9 Å². The normalized spacial score (nSPS) is 12.4. The molecule has 0 heterocycles. The molecule has 19 heavy (non-hydrogen) atoms. The first-order chi connectivity index (χ1) is 9.08. The Balaban J connectivity index is 2.07. The maximum Gasteiger partial charge on any atom is 0.0588 e. The molecule has 0 aliphatic carbocycles. The number of hydrogen-bond donors (Lipinski definition) is 0. The monoisotopic (exact) mass is 272 g/mol. The van der Waals surface area contributed by atoms with Crippen LogP contribution in [-0.2, 0) is 6.42 Å². The summed E-state index contributed by atoms with van der Waals surface area (Å²) >= 11 is 6.49. The lowest BCUT2D eigenvalue weighted by atomic mass is 9.94. The van der Waals surface area contributed by atoms with Crippen molar-refractivity contribution >= 4 is 11.6 Å². The van der Waals surface area contributed by atoms with Crippen molar-refractivity contribution in [3.63, 3.8) is 0 Å². The van der Waals surface area contributed by atoms with E-state index in [1.807, 2.05) is 18.2 Å². The lowest BCUT2D eigenvalue weighted by molar-refractivity contribution is 0.785. The van der Waals surface area contributed by atoms with E-state index < -0.39 is 0 Å². The first-order valence-electron chi connectivity index (χ1n) is 6.83. The number of benzene rings is 2. The number of alkyl halides is 1. The zero-order valence-corrected chi connectivity index (χ0v) is 12.7. The van der Waals surface area contributed by atoms with Gasteiger partial charge in [-0.1, -0.05) is 48.0 Å². The maximum atomic E-state index is 6.49. The molecular weight excluding hydrogens is 252 g/mol. The van der Waals surface area contributed by atoms with Gasteiger partial charge in [0.25, 0.3) is 0 Å². The Labute approximate surface area is 121 Å². The van der Waals surface area contributed by atoms with E-state index in [9.17, 15) is 0 Å². The smallest absolute Gasteiger partial charge is 0.0588 e. The lowest BCUT2D eigenvalue weighted by Gasteiger charge is -2.14. The van der Waals surface area contributed by atoms with E-state index in [0.29, 0.717) is 0 Å². The Kier molecular flexibility index (Phi) is 4.66. The Hall–Kier alpha value is -1.27. The van der Waals surface area contributed by atoms with Crippen molar-refractivity contribution in [1.82, 2.24) is 0 Å². The van der Waals surface area contributed by atoms with Crippen molar-refractivity contribution in [3.8, 4) is 0 Å². The van der Waals surface area contributed by atoms with Crippen LogP contribution in [0.5, 0.6) is 0 Å². The zero-order valence-electron chi connectivity index (χ0n) is 11.9. The predicted molar refractivity (Wildman–Crippen MR) is 84.0 cm³/mol. The summed E-state index contributed by atoms with van der Waals surface area (Å²) in [7, 11) is 0. The molecule has 0 nitrogen and oxygen atoms in total. The molecule has 100 valence electrons. The highest BCUT2D eigenvalue weighted by Gasteiger charge is 2.10. The topological polar surface area (TPSA) is 0 Å². The highest BCUT2D eigenvalue weighted by Crippen LogP contribution is 2.27. The Morgan fingerprint density at radius 1 is 0.947 bits per heavy atom. The molecule has 0 spiro atoms. The SMILES string of the molecule is Cc1cc(C)c(CCC(Cl)c2ccccc2)c(C)c1. The molecular formula is C18H21Cl. The summed E-state index contributed by atoms with van der Waals surface area (Å²) in [5.74, 6) is 0. The van der Waals surface area contributed by atoms with Gasteiger partial charge in [0.2, 0.25) is 0 Å². The molecule has 0 radical (unpaired) electrons. The van der Waals surface area contributed by atoms with Crippen molar-refractivity contribution in [2.45, 2.75) is 39.0 Å². The summed E-state index contributed by atoms with van der Waals surface area (Å²) in [6.45, 7) is 6.54. The molecule has 0 aromatic heterocycles. The van der Waals surface area contributed by atoms with Gasteiger partial charge in [0.05, 0.1) is 5.38 Å². The predicted octanol–water partition coefficient (Wildman–Crippen LogP) is 5.52. The second-order valence-electron chi connectivity index (χ2n) is 5.29. The Morgan fingerprint density at radius 3 is 2.11 bits per heavy atom. The van der Waals surface area contributed by atoms with Crippen molar-refractivity contribution in [2.24, 2.45) is 0 Å². The fourth-order valence-corrected chi connectivity index (χ4v) is 2.96. The highest BCUT2D eigenvalue weighted by atomic mass is 35.5. The van der Waals surface area contributed by atoms with Gasteiger partial charge in [-0.25, -0.2) is 0 Å². The van der Waals surface area contributed by atoms with Gasteiger partial charge in [-0.3, -0.25) is 0 Å². The van der Waals surface area contributed by atoms with E-state index in [-0.39, 0.29) is 5.38 Å². The summed E-state index contributed by atoms with van der Waals surface area (Å²) in [5, 5.41) is 0.0984. The van der Waals surface area contributed by atoms with Crippen LogP contribution in [0.4, 0.5) is 0 Å². The second-order valence-corrected chi connectivity index (χ2v) is 5.82. The van der Waals surface area contributed by atoms with Crippen LogP contribution < -0.4 is 0 Å². The molecule has 2 rings (SSSR count). The van der Waals surface area contributed by atoms with Gasteiger partial charge in [0, 0.05) is 0 Å². The minimum Gasteiger partial charge on any atom is -0.118 e. The largest absolute Gasteiger partial charge is 0.118 e. The number of hydrogen-bond acceptors (Lipinski definition) is 0. The summed E-state index contributed by atoms with van der Waals surface area (Å²) in [5.41, 5.74) is 6.77. The fourth-order valence-electron chi connectivity index (χ4n) is 2.70. The van der Waals surface area contributed by atoms with Crippen molar-refractivity contribution < 1.29 is 0 Å². The Morgan fingerprint density at radius 2 is 1.53 bits per heavy atom. The quantitative estimate of drug-likeness (QED) is 0.643. The van der Waals surface area contributed by atoms with Crippen LogP contribution in [0.2, 0.25) is 0 Å². The Bertz CT molecular complexity index is 520. The number of aryl methyl sites for hydroxylation is 3. The molecule has 1 atom stereocenters. The molecule has 1 heteroatoms. The van der Waals surface area contributed by atoms with E-state index >= 15 is 0 Å². The van der Waals surface area contributed by atoms with Gasteiger partial charge >= 0.3 is 0 Å². The molecule has 0 saturated carbocycles. The van der Waals surface area contributed by atoms with Crippen LogP contribution in [0.25, 0.3) is 0 Å². The highest BCUT2D eigenvalue weighted by molar-refractivity contribution is 6.20. The summed E-state index contributed by atoms with van der Waals surface area (Å²) in [6, 6.07) is 14.8. The molecule has 0 fully saturated rings. The van der Waals surface area contributed by atoms with Gasteiger partial charge < -0.3 is 0 Å². The lowest BCUT2D eigenvalue weighted by Crippen LogP contribution is -1.99. The van der Waals surface area contributed by atoms with E-state index in [0.717, 1.165) is 12.8 Å². The van der Waals surface area contributed by atoms with Crippen molar-refractivity contribution in [1.29, 1.82) is 0 Å². The van der Waals surface area contributed by atoms with Crippen LogP contribution in [0, 0.1) is 20.8 Å². The molecule has 0 N–H and O–H groups in total. The fraction of sp³-hybridized carbons (Fsp3) is 0.333. The molecule has 0 aliphatic rings. The van der Waals surface area contributed by atoms with Gasteiger partial charge in [0.15, 0.2) is 0 Å². The van der Waals surface area contributed by atoms with Gasteiger partial charge in [-0.15, -0.1) is 11.6 Å². The van der Waals surface area contributed by atoms with Gasteiger partial charge in [0.1, 0.15) is 0 Å². The molecule has 0 saturated heterocycles. The van der Waals surface area contributed by atoms with Crippen molar-refractivity contribution in [3.05, 3.63) is 70.3 Å². The van der Waals surface area contributed by atoms with E-state index in [1.165, 1.54) is 27.8 Å². The van der Waals surface area contributed by atoms with Crippen LogP contribution in [0.15, 0.2) is 42.5 Å².